The van der Waals surface area contributed by atoms with E-state index in [9.17, 15) is 0 Å². The summed E-state index contributed by atoms with van der Waals surface area (Å²) in [4.78, 5) is 0. The van der Waals surface area contributed by atoms with Gasteiger partial charge in [-0.3, -0.25) is 0 Å². The fourth-order valence-corrected chi connectivity index (χ4v) is 2.22. The van der Waals surface area contributed by atoms with Crippen molar-refractivity contribution >= 4 is 58.4 Å². The van der Waals surface area contributed by atoms with Gasteiger partial charge in [-0.2, -0.15) is 0 Å². The Balaban J connectivity index is -0.000000214. The van der Waals surface area contributed by atoms with Gasteiger partial charge in [-0.1, -0.05) is 84.7 Å². The molecule has 3 aromatic rings. The van der Waals surface area contributed by atoms with E-state index >= 15 is 0 Å². The zero-order valence-corrected chi connectivity index (χ0v) is 23.1. The SMILES string of the molecule is Brc1ccc(-c2cc3ccccc3[cH-]2)cc1.CC(C)(C)[NH-].Cl.Cl.[CH3-].[CH3-].[Si]=[Zr]. The first-order valence-electron chi connectivity index (χ1n) is 7.24. The molecular formula is C21H28BrCl2NSiZr-4. The van der Waals surface area contributed by atoms with Gasteiger partial charge in [0.2, 0.25) is 0 Å². The topological polar surface area (TPSA) is 23.8 Å². The van der Waals surface area contributed by atoms with Crippen molar-refractivity contribution in [2.75, 3.05) is 0 Å². The molecule has 0 bridgehead atoms. The fourth-order valence-electron chi connectivity index (χ4n) is 1.96. The van der Waals surface area contributed by atoms with E-state index in [0.717, 1.165) is 4.47 Å². The van der Waals surface area contributed by atoms with Crippen molar-refractivity contribution < 1.29 is 23.3 Å². The molecule has 0 saturated heterocycles. The van der Waals surface area contributed by atoms with Gasteiger partial charge in [0.1, 0.15) is 0 Å². The Hall–Kier alpha value is 0.170. The standard InChI is InChI=1S/C15H10Br.C4H10N.2CH3.2ClH.Si.Zr/c16-15-7-5-11(6-8-15)14-9-12-3-1-2-4-13(12)10-14;1-4(2,3)5;;;;;;/h1-10H;5H,1-3H3;2*1H3;2*1H;;/q4*-1;;;;. The van der Waals surface area contributed by atoms with Crippen LogP contribution in [0.15, 0.2) is 65.1 Å². The Morgan fingerprint density at radius 2 is 1.37 bits per heavy atom. The summed E-state index contributed by atoms with van der Waals surface area (Å²) >= 11 is 4.81. The van der Waals surface area contributed by atoms with Crippen molar-refractivity contribution in [3.8, 4) is 11.1 Å². The van der Waals surface area contributed by atoms with E-state index in [1.165, 1.54) is 45.2 Å². The van der Waals surface area contributed by atoms with E-state index in [0.29, 0.717) is 0 Å². The van der Waals surface area contributed by atoms with Gasteiger partial charge < -0.3 is 20.6 Å². The van der Waals surface area contributed by atoms with Crippen LogP contribution in [0.1, 0.15) is 20.8 Å². The van der Waals surface area contributed by atoms with Crippen LogP contribution in [-0.4, -0.2) is 12.4 Å². The van der Waals surface area contributed by atoms with Crippen LogP contribution in [0.4, 0.5) is 0 Å². The number of fused-ring (bicyclic) bond motifs is 1. The summed E-state index contributed by atoms with van der Waals surface area (Å²) < 4.78 is 1.12. The molecule has 0 aliphatic carbocycles. The predicted molar refractivity (Wildman–Crippen MR) is 130 cm³/mol. The summed E-state index contributed by atoms with van der Waals surface area (Å²) in [5.74, 6) is 0. The van der Waals surface area contributed by atoms with Crippen LogP contribution in [0, 0.1) is 14.9 Å². The van der Waals surface area contributed by atoms with Crippen molar-refractivity contribution in [3.63, 3.8) is 0 Å². The molecule has 0 aliphatic rings. The monoisotopic (exact) mass is 561 g/mol. The molecule has 0 unspecified atom stereocenters. The third kappa shape index (κ3) is 13.9. The minimum absolute atomic E-state index is 0. The number of hydrogen-bond donors (Lipinski definition) is 0. The number of nitrogens with one attached hydrogen (secondary N) is 1. The maximum atomic E-state index is 6.94. The molecule has 150 valence electrons. The molecular weight excluding hydrogens is 536 g/mol. The van der Waals surface area contributed by atoms with Crippen molar-refractivity contribution in [1.29, 1.82) is 0 Å². The van der Waals surface area contributed by atoms with Crippen LogP contribution in [0.2, 0.25) is 0 Å². The van der Waals surface area contributed by atoms with E-state index in [-0.39, 0.29) is 45.2 Å². The van der Waals surface area contributed by atoms with Gasteiger partial charge in [-0.25, -0.2) is 0 Å². The third-order valence-electron chi connectivity index (χ3n) is 2.80. The van der Waals surface area contributed by atoms with Crippen LogP contribution in [0.3, 0.4) is 0 Å². The zero-order chi connectivity index (χ0) is 17.5. The third-order valence-corrected chi connectivity index (χ3v) is 3.32. The van der Waals surface area contributed by atoms with Crippen LogP contribution >= 0.6 is 40.7 Å². The average molecular weight is 565 g/mol. The second kappa shape index (κ2) is 17.1. The molecule has 0 amide bonds. The van der Waals surface area contributed by atoms with Crippen LogP contribution in [0.25, 0.3) is 27.6 Å². The predicted octanol–water partition coefficient (Wildman–Crippen LogP) is 8.19. The number of hydrogen-bond acceptors (Lipinski definition) is 0. The molecule has 0 saturated carbocycles. The molecule has 2 radical (unpaired) electrons. The molecule has 3 rings (SSSR count). The summed E-state index contributed by atoms with van der Waals surface area (Å²) in [7, 11) is 0. The number of halogens is 3. The van der Waals surface area contributed by atoms with Crippen molar-refractivity contribution in [2.24, 2.45) is 0 Å². The van der Waals surface area contributed by atoms with Gasteiger partial charge in [0.15, 0.2) is 0 Å². The molecule has 0 aliphatic heterocycles. The summed E-state index contributed by atoms with van der Waals surface area (Å²) in [5, 5.41) is 2.61. The van der Waals surface area contributed by atoms with Crippen LogP contribution in [0.5, 0.6) is 0 Å². The zero-order valence-electron chi connectivity index (χ0n) is 16.5. The van der Waals surface area contributed by atoms with Crippen molar-refractivity contribution in [1.82, 2.24) is 0 Å². The summed E-state index contributed by atoms with van der Waals surface area (Å²) in [6, 6.07) is 21.4. The summed E-state index contributed by atoms with van der Waals surface area (Å²) in [5.41, 5.74) is 9.24. The quantitative estimate of drug-likeness (QED) is 0.210. The molecule has 27 heavy (non-hydrogen) atoms. The van der Waals surface area contributed by atoms with Gasteiger partial charge in [0, 0.05) is 4.47 Å². The van der Waals surface area contributed by atoms with E-state index in [2.05, 4.69) is 83.5 Å². The van der Waals surface area contributed by atoms with E-state index < -0.39 is 0 Å². The Labute approximate surface area is 203 Å². The molecule has 3 aromatic carbocycles. The van der Waals surface area contributed by atoms with Gasteiger partial charge >= 0.3 is 30.2 Å². The first-order chi connectivity index (χ1) is 10.8. The van der Waals surface area contributed by atoms with Gasteiger partial charge in [-0.05, 0) is 0 Å². The first-order valence-corrected chi connectivity index (χ1v) is 12.2. The van der Waals surface area contributed by atoms with Crippen molar-refractivity contribution in [3.05, 3.63) is 85.7 Å². The molecule has 1 nitrogen and oxygen atoms in total. The second-order valence-electron chi connectivity index (χ2n) is 6.13. The maximum absolute atomic E-state index is 6.94. The molecule has 0 heterocycles. The summed E-state index contributed by atoms with van der Waals surface area (Å²) in [6.45, 7) is 8.62. The summed E-state index contributed by atoms with van der Waals surface area (Å²) in [6.07, 6.45) is 0. The minimum atomic E-state index is -0.250. The molecule has 0 fully saturated rings. The first kappa shape index (κ1) is 34.7. The Bertz CT molecular complexity index is 701. The van der Waals surface area contributed by atoms with E-state index in [1.807, 2.05) is 20.8 Å². The fraction of sp³-hybridized carbons (Fsp3) is 0.190. The Morgan fingerprint density at radius 1 is 0.926 bits per heavy atom. The van der Waals surface area contributed by atoms with E-state index in [1.54, 1.807) is 0 Å². The number of benzene rings is 2. The van der Waals surface area contributed by atoms with Gasteiger partial charge in [0.05, 0.1) is 0 Å². The Morgan fingerprint density at radius 3 is 1.81 bits per heavy atom. The molecule has 0 atom stereocenters. The molecule has 1 N–H and O–H groups in total. The average Bonchev–Trinajstić information content (AvgIpc) is 2.92. The van der Waals surface area contributed by atoms with Gasteiger partial charge in [-0.15, -0.1) is 64.9 Å². The van der Waals surface area contributed by atoms with Crippen LogP contribution < -0.4 is 0 Å². The van der Waals surface area contributed by atoms with Crippen molar-refractivity contribution in [2.45, 2.75) is 26.3 Å². The van der Waals surface area contributed by atoms with E-state index in [4.69, 9.17) is 5.73 Å². The van der Waals surface area contributed by atoms with Gasteiger partial charge in [0.25, 0.3) is 0 Å². The number of rotatable bonds is 1. The molecule has 6 heteroatoms. The normalized spacial score (nSPS) is 8.74. The second-order valence-corrected chi connectivity index (χ2v) is 7.05. The molecule has 0 spiro atoms. The Kier molecular flexibility index (Phi) is 21.9. The van der Waals surface area contributed by atoms with Crippen LogP contribution in [-0.2, 0) is 23.3 Å². The molecule has 0 aromatic heterocycles.